The van der Waals surface area contributed by atoms with Crippen molar-refractivity contribution in [2.75, 3.05) is 20.1 Å². The Kier molecular flexibility index (Phi) is 6.15. The molecule has 3 aromatic rings. The van der Waals surface area contributed by atoms with Crippen LogP contribution in [0.2, 0.25) is 0 Å². The highest BCUT2D eigenvalue weighted by molar-refractivity contribution is 7.89. The molecular weight excluding hydrogens is 416 g/mol. The SMILES string of the molecule is CN(Cc1ccco1)C(=O)CCc1nc2cc(S(=O)(=O)N3CCCCC3)ccc2n1C. The van der Waals surface area contributed by atoms with Crippen LogP contribution < -0.4 is 0 Å². The van der Waals surface area contributed by atoms with Crippen molar-refractivity contribution in [1.82, 2.24) is 18.8 Å². The van der Waals surface area contributed by atoms with E-state index in [1.165, 1.54) is 0 Å². The van der Waals surface area contributed by atoms with Gasteiger partial charge in [0.15, 0.2) is 0 Å². The molecule has 0 N–H and O–H groups in total. The molecule has 4 rings (SSSR count). The molecule has 0 radical (unpaired) electrons. The molecule has 8 nitrogen and oxygen atoms in total. The number of nitrogens with zero attached hydrogens (tertiary/aromatic N) is 4. The van der Waals surface area contributed by atoms with Crippen molar-refractivity contribution in [3.8, 4) is 0 Å². The number of imidazole rings is 1. The molecule has 0 aliphatic carbocycles. The number of carbonyl (C=O) groups is 1. The quantitative estimate of drug-likeness (QED) is 0.559. The third kappa shape index (κ3) is 4.52. The van der Waals surface area contributed by atoms with E-state index in [0.29, 0.717) is 38.0 Å². The zero-order valence-electron chi connectivity index (χ0n) is 18.0. The molecule has 0 spiro atoms. The van der Waals surface area contributed by atoms with Crippen LogP contribution in [0.5, 0.6) is 0 Å². The number of rotatable bonds is 7. The fourth-order valence-corrected chi connectivity index (χ4v) is 5.54. The van der Waals surface area contributed by atoms with Crippen LogP contribution in [-0.4, -0.2) is 53.2 Å². The van der Waals surface area contributed by atoms with E-state index in [0.717, 1.165) is 36.4 Å². The van der Waals surface area contributed by atoms with Crippen molar-refractivity contribution in [2.45, 2.75) is 43.5 Å². The van der Waals surface area contributed by atoms with Gasteiger partial charge >= 0.3 is 0 Å². The Labute approximate surface area is 182 Å². The fraction of sp³-hybridized carbons (Fsp3) is 0.455. The Balaban J connectivity index is 1.48. The Hall–Kier alpha value is -2.65. The first-order valence-electron chi connectivity index (χ1n) is 10.6. The minimum atomic E-state index is -3.50. The molecule has 0 saturated carbocycles. The summed E-state index contributed by atoms with van der Waals surface area (Å²) in [7, 11) is 0.132. The number of aryl methyl sites for hydroxylation is 2. The summed E-state index contributed by atoms with van der Waals surface area (Å²) >= 11 is 0. The highest BCUT2D eigenvalue weighted by atomic mass is 32.2. The maximum absolute atomic E-state index is 13.0. The van der Waals surface area contributed by atoms with E-state index in [9.17, 15) is 13.2 Å². The van der Waals surface area contributed by atoms with Gasteiger partial charge in [-0.15, -0.1) is 0 Å². The molecule has 1 saturated heterocycles. The number of benzene rings is 1. The number of hydrogen-bond donors (Lipinski definition) is 0. The summed E-state index contributed by atoms with van der Waals surface area (Å²) in [5, 5.41) is 0. The van der Waals surface area contributed by atoms with Gasteiger partial charge in [0.1, 0.15) is 11.6 Å². The van der Waals surface area contributed by atoms with Crippen LogP contribution in [0.1, 0.15) is 37.3 Å². The molecule has 1 aliphatic heterocycles. The van der Waals surface area contributed by atoms with Crippen LogP contribution in [0, 0.1) is 0 Å². The standard InChI is InChI=1S/C22H28N4O4S/c1-24(16-17-7-6-14-30-17)22(27)11-10-21-23-19-15-18(8-9-20(19)25(21)2)31(28,29)26-12-4-3-5-13-26/h6-9,14-15H,3-5,10-13,16H2,1-2H3. The topological polar surface area (TPSA) is 88.7 Å². The summed E-state index contributed by atoms with van der Waals surface area (Å²) < 4.78 is 34.7. The number of fused-ring (bicyclic) bond motifs is 1. The first-order chi connectivity index (χ1) is 14.9. The van der Waals surface area contributed by atoms with Crippen molar-refractivity contribution >= 4 is 27.0 Å². The van der Waals surface area contributed by atoms with E-state index in [2.05, 4.69) is 4.98 Å². The number of amides is 1. The molecule has 2 aromatic heterocycles. The predicted octanol–water partition coefficient (Wildman–Crippen LogP) is 2.93. The van der Waals surface area contributed by atoms with Gasteiger partial charge in [-0.3, -0.25) is 4.79 Å². The lowest BCUT2D eigenvalue weighted by Gasteiger charge is -2.25. The van der Waals surface area contributed by atoms with Gasteiger partial charge in [0.2, 0.25) is 15.9 Å². The molecule has 1 fully saturated rings. The number of hydrogen-bond acceptors (Lipinski definition) is 5. The first-order valence-corrected chi connectivity index (χ1v) is 12.0. The Morgan fingerprint density at radius 3 is 2.68 bits per heavy atom. The highest BCUT2D eigenvalue weighted by Crippen LogP contribution is 2.25. The number of piperidine rings is 1. The van der Waals surface area contributed by atoms with Gasteiger partial charge in [0.25, 0.3) is 0 Å². The van der Waals surface area contributed by atoms with Crippen LogP contribution >= 0.6 is 0 Å². The monoisotopic (exact) mass is 444 g/mol. The number of aromatic nitrogens is 2. The van der Waals surface area contributed by atoms with Crippen LogP contribution in [0.4, 0.5) is 0 Å². The molecule has 166 valence electrons. The third-order valence-electron chi connectivity index (χ3n) is 5.86. The van der Waals surface area contributed by atoms with Crippen molar-refractivity contribution < 1.29 is 17.6 Å². The Bertz CT molecular complexity index is 1160. The summed E-state index contributed by atoms with van der Waals surface area (Å²) in [5.74, 6) is 1.49. The molecule has 3 heterocycles. The van der Waals surface area contributed by atoms with Crippen molar-refractivity contribution in [3.63, 3.8) is 0 Å². The van der Waals surface area contributed by atoms with E-state index in [4.69, 9.17) is 4.42 Å². The molecule has 0 unspecified atom stereocenters. The fourth-order valence-electron chi connectivity index (χ4n) is 4.00. The number of sulfonamides is 1. The van der Waals surface area contributed by atoms with Crippen molar-refractivity contribution in [2.24, 2.45) is 7.05 Å². The average molecular weight is 445 g/mol. The molecule has 1 aromatic carbocycles. The second kappa shape index (κ2) is 8.84. The number of furan rings is 1. The zero-order chi connectivity index (χ0) is 22.0. The lowest BCUT2D eigenvalue weighted by Crippen LogP contribution is -2.35. The molecule has 0 atom stereocenters. The first kappa shape index (κ1) is 21.6. The summed E-state index contributed by atoms with van der Waals surface area (Å²) in [6.07, 6.45) is 5.25. The lowest BCUT2D eigenvalue weighted by molar-refractivity contribution is -0.130. The second-order valence-corrected chi connectivity index (χ2v) is 9.97. The van der Waals surface area contributed by atoms with Gasteiger partial charge in [-0.1, -0.05) is 6.42 Å². The van der Waals surface area contributed by atoms with Gasteiger partial charge in [-0.25, -0.2) is 13.4 Å². The lowest BCUT2D eigenvalue weighted by atomic mass is 10.2. The summed E-state index contributed by atoms with van der Waals surface area (Å²) in [6.45, 7) is 1.56. The van der Waals surface area contributed by atoms with E-state index < -0.39 is 10.0 Å². The molecule has 1 aliphatic rings. The molecular formula is C22H28N4O4S. The van der Waals surface area contributed by atoms with Gasteiger partial charge < -0.3 is 13.9 Å². The Morgan fingerprint density at radius 1 is 1.19 bits per heavy atom. The minimum absolute atomic E-state index is 0.00294. The van der Waals surface area contributed by atoms with Crippen LogP contribution in [0.3, 0.4) is 0 Å². The second-order valence-electron chi connectivity index (χ2n) is 8.03. The van der Waals surface area contributed by atoms with E-state index in [-0.39, 0.29) is 10.8 Å². The Morgan fingerprint density at radius 2 is 1.97 bits per heavy atom. The van der Waals surface area contributed by atoms with Gasteiger partial charge in [-0.2, -0.15) is 4.31 Å². The average Bonchev–Trinajstić information content (AvgIpc) is 3.40. The maximum Gasteiger partial charge on any atom is 0.243 e. The van der Waals surface area contributed by atoms with Crippen LogP contribution in [-0.2, 0) is 34.8 Å². The van der Waals surface area contributed by atoms with E-state index in [1.807, 2.05) is 17.7 Å². The van der Waals surface area contributed by atoms with Crippen LogP contribution in [0.25, 0.3) is 11.0 Å². The minimum Gasteiger partial charge on any atom is -0.467 e. The third-order valence-corrected chi connectivity index (χ3v) is 7.75. The molecule has 0 bridgehead atoms. The van der Waals surface area contributed by atoms with Crippen molar-refractivity contribution in [1.29, 1.82) is 0 Å². The predicted molar refractivity (Wildman–Crippen MR) is 117 cm³/mol. The normalized spacial score (nSPS) is 15.4. The van der Waals surface area contributed by atoms with E-state index in [1.54, 1.807) is 46.8 Å². The highest BCUT2D eigenvalue weighted by Gasteiger charge is 2.26. The van der Waals surface area contributed by atoms with Gasteiger partial charge in [-0.05, 0) is 43.2 Å². The van der Waals surface area contributed by atoms with Gasteiger partial charge in [0, 0.05) is 40.0 Å². The summed E-state index contributed by atoms with van der Waals surface area (Å²) in [5.41, 5.74) is 1.48. The molecule has 31 heavy (non-hydrogen) atoms. The molecule has 9 heteroatoms. The maximum atomic E-state index is 13.0. The van der Waals surface area contributed by atoms with Gasteiger partial charge in [0.05, 0.1) is 28.7 Å². The summed E-state index contributed by atoms with van der Waals surface area (Å²) in [6, 6.07) is 8.73. The number of carbonyl (C=O) groups excluding carboxylic acids is 1. The van der Waals surface area contributed by atoms with E-state index >= 15 is 0 Å². The summed E-state index contributed by atoms with van der Waals surface area (Å²) in [4.78, 5) is 19.0. The largest absolute Gasteiger partial charge is 0.467 e. The smallest absolute Gasteiger partial charge is 0.243 e. The van der Waals surface area contributed by atoms with Crippen LogP contribution in [0.15, 0.2) is 45.9 Å². The molecule has 1 amide bonds. The van der Waals surface area contributed by atoms with Crippen molar-refractivity contribution in [3.05, 3.63) is 48.2 Å². The zero-order valence-corrected chi connectivity index (χ0v) is 18.8.